The molecule has 0 aliphatic carbocycles. The van der Waals surface area contributed by atoms with Gasteiger partial charge in [-0.2, -0.15) is 0 Å². The molecule has 0 aliphatic rings. The number of aromatic nitrogens is 2. The van der Waals surface area contributed by atoms with Crippen LogP contribution in [-0.4, -0.2) is 15.4 Å². The van der Waals surface area contributed by atoms with Crippen molar-refractivity contribution in [3.8, 4) is 11.3 Å². The predicted octanol–water partition coefficient (Wildman–Crippen LogP) is 2.23. The third kappa shape index (κ3) is 2.71. The van der Waals surface area contributed by atoms with Crippen LogP contribution in [0.1, 0.15) is 12.5 Å². The van der Waals surface area contributed by atoms with E-state index >= 15 is 0 Å². The Morgan fingerprint density at radius 3 is 2.48 bits per heavy atom. The molecular weight excluding hydrogens is 328 g/mol. The molecule has 1 aromatic carbocycles. The molecule has 25 heavy (non-hydrogen) atoms. The van der Waals surface area contributed by atoms with Crippen molar-refractivity contribution < 1.29 is 8.78 Å². The number of rotatable bonds is 3. The molecule has 0 fully saturated rings. The maximum absolute atomic E-state index is 13.6. The third-order valence-electron chi connectivity index (χ3n) is 3.91. The summed E-state index contributed by atoms with van der Waals surface area (Å²) in [4.78, 5) is 16.9. The number of halogens is 2. The lowest BCUT2D eigenvalue weighted by molar-refractivity contribution is 0.584. The Hall–Kier alpha value is -3.29. The highest BCUT2D eigenvalue weighted by molar-refractivity contribution is 6.13. The zero-order valence-electron chi connectivity index (χ0n) is 13.3. The number of nitrogens with zero attached hydrogens (tertiary/aromatic N) is 2. The summed E-state index contributed by atoms with van der Waals surface area (Å²) in [5.41, 5.74) is 11.3. The first-order valence-electron chi connectivity index (χ1n) is 7.47. The van der Waals surface area contributed by atoms with E-state index in [-0.39, 0.29) is 33.9 Å². The van der Waals surface area contributed by atoms with E-state index in [1.807, 2.05) is 0 Å². The van der Waals surface area contributed by atoms with Gasteiger partial charge in [0.25, 0.3) is 5.56 Å². The first-order chi connectivity index (χ1) is 11.8. The molecule has 0 saturated heterocycles. The fourth-order valence-electron chi connectivity index (χ4n) is 2.81. The summed E-state index contributed by atoms with van der Waals surface area (Å²) in [7, 11) is 0. The van der Waals surface area contributed by atoms with Crippen molar-refractivity contribution in [2.24, 2.45) is 5.73 Å². The molecule has 3 aromatic rings. The molecule has 0 spiro atoms. The number of hydrogen-bond donors (Lipinski definition) is 3. The summed E-state index contributed by atoms with van der Waals surface area (Å²) in [5.74, 6) is -2.04. The van der Waals surface area contributed by atoms with Crippen molar-refractivity contribution in [1.29, 1.82) is 5.41 Å². The van der Waals surface area contributed by atoms with E-state index in [4.69, 9.17) is 16.9 Å². The fraction of sp³-hybridized carbons (Fsp3) is 0.118. The van der Waals surface area contributed by atoms with Gasteiger partial charge in [0, 0.05) is 29.8 Å². The number of nitrogen functional groups attached to an aromatic ring is 2. The highest BCUT2D eigenvalue weighted by Gasteiger charge is 2.19. The van der Waals surface area contributed by atoms with Crippen LogP contribution in [0.4, 0.5) is 14.6 Å². The predicted molar refractivity (Wildman–Crippen MR) is 92.5 cm³/mol. The van der Waals surface area contributed by atoms with Crippen molar-refractivity contribution in [1.82, 2.24) is 9.55 Å². The first-order valence-corrected chi connectivity index (χ1v) is 7.47. The maximum atomic E-state index is 13.6. The Morgan fingerprint density at radius 1 is 1.28 bits per heavy atom. The highest BCUT2D eigenvalue weighted by Crippen LogP contribution is 2.30. The van der Waals surface area contributed by atoms with Gasteiger partial charge in [-0.25, -0.2) is 13.8 Å². The minimum absolute atomic E-state index is 0.0451. The van der Waals surface area contributed by atoms with E-state index in [0.29, 0.717) is 11.9 Å². The second-order valence-corrected chi connectivity index (χ2v) is 5.49. The van der Waals surface area contributed by atoms with Gasteiger partial charge in [0.1, 0.15) is 23.3 Å². The number of benzene rings is 1. The molecule has 128 valence electrons. The Morgan fingerprint density at radius 2 is 1.92 bits per heavy atom. The second kappa shape index (κ2) is 5.97. The quantitative estimate of drug-likeness (QED) is 0.500. The summed E-state index contributed by atoms with van der Waals surface area (Å²) in [6.07, 6.45) is 1.55. The Labute approximate surface area is 141 Å². The minimum atomic E-state index is -0.800. The van der Waals surface area contributed by atoms with E-state index in [1.54, 1.807) is 19.2 Å². The topological polar surface area (TPSA) is 111 Å². The number of nitrogens with two attached hydrogens (primary N) is 2. The minimum Gasteiger partial charge on any atom is -0.384 e. The smallest absolute Gasteiger partial charge is 0.260 e. The fourth-order valence-corrected chi connectivity index (χ4v) is 2.81. The summed E-state index contributed by atoms with van der Waals surface area (Å²) < 4.78 is 28.7. The first kappa shape index (κ1) is 16.6. The SMILES string of the molecule is CCn1ccc2c(C(=N)N)c(N)nc(-c3cc(F)cc(F)c3)c2c1=O. The molecule has 0 unspecified atom stereocenters. The second-order valence-electron chi connectivity index (χ2n) is 5.49. The zero-order valence-corrected chi connectivity index (χ0v) is 13.3. The molecule has 0 amide bonds. The van der Waals surface area contributed by atoms with E-state index < -0.39 is 17.2 Å². The molecule has 0 radical (unpaired) electrons. The Balaban J connectivity index is 2.53. The number of fused-ring (bicyclic) bond motifs is 1. The number of aryl methyl sites for hydroxylation is 1. The van der Waals surface area contributed by atoms with Crippen LogP contribution in [0.2, 0.25) is 0 Å². The average Bonchev–Trinajstić information content (AvgIpc) is 2.53. The third-order valence-corrected chi connectivity index (χ3v) is 3.91. The number of anilines is 1. The standard InChI is InChI=1S/C17H15F2N5O/c1-2-24-4-3-11-12(17(24)25)14(23-16(22)13(11)15(20)21)8-5-9(18)7-10(19)6-8/h3-7H,2H2,1H3,(H3,20,21)(H2,22,23). The number of pyridine rings is 2. The van der Waals surface area contributed by atoms with Crippen LogP contribution in [0, 0.1) is 17.0 Å². The van der Waals surface area contributed by atoms with Crippen molar-refractivity contribution in [2.45, 2.75) is 13.5 Å². The Bertz CT molecular complexity index is 1050. The molecule has 3 rings (SSSR count). The summed E-state index contributed by atoms with van der Waals surface area (Å²) in [6, 6.07) is 4.46. The molecule has 0 saturated carbocycles. The van der Waals surface area contributed by atoms with Gasteiger partial charge in [0.15, 0.2) is 0 Å². The zero-order chi connectivity index (χ0) is 18.3. The van der Waals surface area contributed by atoms with Crippen LogP contribution in [0.25, 0.3) is 22.0 Å². The van der Waals surface area contributed by atoms with Gasteiger partial charge in [-0.3, -0.25) is 10.2 Å². The summed E-state index contributed by atoms with van der Waals surface area (Å²) in [5, 5.41) is 8.12. The van der Waals surface area contributed by atoms with E-state index in [9.17, 15) is 13.6 Å². The molecule has 0 atom stereocenters. The number of hydrogen-bond acceptors (Lipinski definition) is 4. The average molecular weight is 343 g/mol. The monoisotopic (exact) mass is 343 g/mol. The normalized spacial score (nSPS) is 11.0. The van der Waals surface area contributed by atoms with Gasteiger partial charge < -0.3 is 16.0 Å². The lowest BCUT2D eigenvalue weighted by Crippen LogP contribution is -2.22. The molecular formula is C17H15F2N5O. The molecule has 0 aliphatic heterocycles. The van der Waals surface area contributed by atoms with Crippen LogP contribution in [0.15, 0.2) is 35.3 Å². The van der Waals surface area contributed by atoms with Gasteiger partial charge in [-0.15, -0.1) is 0 Å². The molecule has 0 bridgehead atoms. The maximum Gasteiger partial charge on any atom is 0.260 e. The van der Waals surface area contributed by atoms with Gasteiger partial charge in [-0.05, 0) is 25.1 Å². The molecule has 2 heterocycles. The van der Waals surface area contributed by atoms with Gasteiger partial charge >= 0.3 is 0 Å². The lowest BCUT2D eigenvalue weighted by Gasteiger charge is -2.14. The summed E-state index contributed by atoms with van der Waals surface area (Å²) >= 11 is 0. The lowest BCUT2D eigenvalue weighted by atomic mass is 10.0. The number of nitrogens with one attached hydrogen (secondary N) is 1. The van der Waals surface area contributed by atoms with Gasteiger partial charge in [-0.1, -0.05) is 0 Å². The van der Waals surface area contributed by atoms with Crippen LogP contribution in [0.5, 0.6) is 0 Å². The van der Waals surface area contributed by atoms with Crippen molar-refractivity contribution in [2.75, 3.05) is 5.73 Å². The molecule has 2 aromatic heterocycles. The summed E-state index contributed by atoms with van der Waals surface area (Å²) in [6.45, 7) is 2.18. The van der Waals surface area contributed by atoms with Crippen LogP contribution < -0.4 is 17.0 Å². The van der Waals surface area contributed by atoms with Crippen molar-refractivity contribution in [3.63, 3.8) is 0 Å². The Kier molecular flexibility index (Phi) is 3.96. The largest absolute Gasteiger partial charge is 0.384 e. The van der Waals surface area contributed by atoms with Crippen molar-refractivity contribution >= 4 is 22.4 Å². The molecule has 8 heteroatoms. The van der Waals surface area contributed by atoms with Crippen LogP contribution in [0.3, 0.4) is 0 Å². The van der Waals surface area contributed by atoms with Gasteiger partial charge in [0.05, 0.1) is 16.6 Å². The molecule has 6 nitrogen and oxygen atoms in total. The number of amidine groups is 1. The highest BCUT2D eigenvalue weighted by atomic mass is 19.1. The molecule has 5 N–H and O–H groups in total. The van der Waals surface area contributed by atoms with E-state index in [1.165, 1.54) is 4.57 Å². The van der Waals surface area contributed by atoms with Crippen LogP contribution in [-0.2, 0) is 6.54 Å². The van der Waals surface area contributed by atoms with E-state index in [2.05, 4.69) is 4.98 Å². The van der Waals surface area contributed by atoms with Crippen LogP contribution >= 0.6 is 0 Å². The van der Waals surface area contributed by atoms with Crippen molar-refractivity contribution in [3.05, 3.63) is 58.0 Å². The van der Waals surface area contributed by atoms with Gasteiger partial charge in [0.2, 0.25) is 0 Å². The van der Waals surface area contributed by atoms with E-state index in [0.717, 1.165) is 18.2 Å².